The summed E-state index contributed by atoms with van der Waals surface area (Å²) in [6.07, 6.45) is 4.73. The molecule has 0 bridgehead atoms. The summed E-state index contributed by atoms with van der Waals surface area (Å²) >= 11 is 0. The molecule has 1 aliphatic carbocycles. The van der Waals surface area contributed by atoms with Gasteiger partial charge in [0.15, 0.2) is 0 Å². The highest BCUT2D eigenvalue weighted by Crippen LogP contribution is 2.27. The van der Waals surface area contributed by atoms with Crippen LogP contribution in [0.5, 0.6) is 0 Å². The second-order valence-corrected chi connectivity index (χ2v) is 3.09. The van der Waals surface area contributed by atoms with Crippen LogP contribution in [0.15, 0.2) is 12.7 Å². The molecular formula is C9H14O2. The molecule has 1 rings (SSSR count). The molecule has 0 radical (unpaired) electrons. The second-order valence-electron chi connectivity index (χ2n) is 3.09. The van der Waals surface area contributed by atoms with E-state index in [1.54, 1.807) is 0 Å². The number of rotatable bonds is 2. The van der Waals surface area contributed by atoms with Crippen LogP contribution in [-0.2, 0) is 9.53 Å². The van der Waals surface area contributed by atoms with Gasteiger partial charge in [-0.2, -0.15) is 0 Å². The van der Waals surface area contributed by atoms with E-state index in [1.807, 2.05) is 0 Å². The molecule has 2 atom stereocenters. The molecule has 0 N–H and O–H groups in total. The summed E-state index contributed by atoms with van der Waals surface area (Å²) in [6, 6.07) is 0. The first-order chi connectivity index (χ1) is 5.24. The van der Waals surface area contributed by atoms with Crippen molar-refractivity contribution in [2.24, 2.45) is 5.92 Å². The van der Waals surface area contributed by atoms with Crippen LogP contribution in [0.25, 0.3) is 0 Å². The Morgan fingerprint density at radius 2 is 2.36 bits per heavy atom. The minimum absolute atomic E-state index is 0.139. The minimum Gasteiger partial charge on any atom is -0.459 e. The Balaban J connectivity index is 2.36. The molecule has 0 aromatic heterocycles. The van der Waals surface area contributed by atoms with Crippen molar-refractivity contribution in [1.29, 1.82) is 0 Å². The molecular weight excluding hydrogens is 140 g/mol. The third kappa shape index (κ3) is 2.07. The van der Waals surface area contributed by atoms with Gasteiger partial charge < -0.3 is 4.74 Å². The molecule has 0 heterocycles. The summed E-state index contributed by atoms with van der Waals surface area (Å²) in [6.45, 7) is 5.47. The molecule has 0 saturated heterocycles. The first-order valence-electron chi connectivity index (χ1n) is 4.07. The van der Waals surface area contributed by atoms with Crippen LogP contribution in [0, 0.1) is 5.92 Å². The largest absolute Gasteiger partial charge is 0.459 e. The zero-order valence-corrected chi connectivity index (χ0v) is 6.88. The van der Waals surface area contributed by atoms with Gasteiger partial charge in [0.25, 0.3) is 0 Å². The van der Waals surface area contributed by atoms with Crippen LogP contribution in [0.2, 0.25) is 0 Å². The first kappa shape index (κ1) is 8.31. The Labute approximate surface area is 67.2 Å². The van der Waals surface area contributed by atoms with Crippen molar-refractivity contribution < 1.29 is 9.53 Å². The van der Waals surface area contributed by atoms with Crippen LogP contribution in [-0.4, -0.2) is 12.1 Å². The standard InChI is InChI=1S/C9H14O2/c1-3-9(10)11-8-6-4-5-7(8)2/h3,7-8H,1,4-6H2,2H3. The van der Waals surface area contributed by atoms with Gasteiger partial charge in [0.05, 0.1) is 0 Å². The van der Waals surface area contributed by atoms with Crippen LogP contribution in [0.4, 0.5) is 0 Å². The van der Waals surface area contributed by atoms with Crippen molar-refractivity contribution in [3.05, 3.63) is 12.7 Å². The fraction of sp³-hybridized carbons (Fsp3) is 0.667. The van der Waals surface area contributed by atoms with Crippen molar-refractivity contribution >= 4 is 5.97 Å². The second kappa shape index (κ2) is 3.56. The van der Waals surface area contributed by atoms with E-state index < -0.39 is 0 Å². The lowest BCUT2D eigenvalue weighted by atomic mass is 10.1. The quantitative estimate of drug-likeness (QED) is 0.448. The predicted octanol–water partition coefficient (Wildman–Crippen LogP) is 1.90. The van der Waals surface area contributed by atoms with E-state index in [0.717, 1.165) is 6.42 Å². The van der Waals surface area contributed by atoms with Crippen LogP contribution < -0.4 is 0 Å². The highest BCUT2D eigenvalue weighted by Gasteiger charge is 2.25. The molecule has 2 unspecified atom stereocenters. The number of esters is 1. The van der Waals surface area contributed by atoms with Crippen molar-refractivity contribution in [3.63, 3.8) is 0 Å². The van der Waals surface area contributed by atoms with E-state index in [4.69, 9.17) is 4.74 Å². The number of hydrogen-bond acceptors (Lipinski definition) is 2. The lowest BCUT2D eigenvalue weighted by Crippen LogP contribution is -2.18. The Hall–Kier alpha value is -0.790. The van der Waals surface area contributed by atoms with Crippen LogP contribution in [0.3, 0.4) is 0 Å². The SMILES string of the molecule is C=CC(=O)OC1CCCC1C. The maximum atomic E-state index is 10.8. The molecule has 62 valence electrons. The van der Waals surface area contributed by atoms with Gasteiger partial charge in [0, 0.05) is 6.08 Å². The Kier molecular flexibility index (Phi) is 2.69. The van der Waals surface area contributed by atoms with Gasteiger partial charge in [-0.25, -0.2) is 4.79 Å². The van der Waals surface area contributed by atoms with E-state index in [0.29, 0.717) is 5.92 Å². The molecule has 1 aliphatic rings. The molecule has 11 heavy (non-hydrogen) atoms. The van der Waals surface area contributed by atoms with E-state index in [2.05, 4.69) is 13.5 Å². The van der Waals surface area contributed by atoms with Gasteiger partial charge in [0.1, 0.15) is 6.10 Å². The Morgan fingerprint density at radius 1 is 1.64 bits per heavy atom. The van der Waals surface area contributed by atoms with Crippen LogP contribution in [0.1, 0.15) is 26.2 Å². The lowest BCUT2D eigenvalue weighted by Gasteiger charge is -2.14. The van der Waals surface area contributed by atoms with E-state index >= 15 is 0 Å². The number of hydrogen-bond donors (Lipinski definition) is 0. The third-order valence-electron chi connectivity index (χ3n) is 2.22. The fourth-order valence-electron chi connectivity index (χ4n) is 1.48. The summed E-state index contributed by atoms with van der Waals surface area (Å²) in [5.74, 6) is 0.239. The highest BCUT2D eigenvalue weighted by atomic mass is 16.5. The van der Waals surface area contributed by atoms with E-state index in [9.17, 15) is 4.79 Å². The van der Waals surface area contributed by atoms with E-state index in [1.165, 1.54) is 18.9 Å². The summed E-state index contributed by atoms with van der Waals surface area (Å²) in [7, 11) is 0. The van der Waals surface area contributed by atoms with Crippen molar-refractivity contribution in [2.75, 3.05) is 0 Å². The maximum absolute atomic E-state index is 10.8. The molecule has 0 aromatic rings. The average Bonchev–Trinajstić information content (AvgIpc) is 2.37. The van der Waals surface area contributed by atoms with Crippen molar-refractivity contribution in [2.45, 2.75) is 32.3 Å². The number of carbonyl (C=O) groups excluding carboxylic acids is 1. The molecule has 1 saturated carbocycles. The third-order valence-corrected chi connectivity index (χ3v) is 2.22. The van der Waals surface area contributed by atoms with Crippen molar-refractivity contribution in [3.8, 4) is 0 Å². The van der Waals surface area contributed by atoms with Gasteiger partial charge in [-0.15, -0.1) is 0 Å². The van der Waals surface area contributed by atoms with Crippen molar-refractivity contribution in [1.82, 2.24) is 0 Å². The van der Waals surface area contributed by atoms with Crippen LogP contribution >= 0.6 is 0 Å². The monoisotopic (exact) mass is 154 g/mol. The number of ether oxygens (including phenoxy) is 1. The molecule has 1 fully saturated rings. The first-order valence-corrected chi connectivity index (χ1v) is 4.07. The molecule has 0 aliphatic heterocycles. The predicted molar refractivity (Wildman–Crippen MR) is 43.1 cm³/mol. The normalized spacial score (nSPS) is 29.9. The smallest absolute Gasteiger partial charge is 0.330 e. The highest BCUT2D eigenvalue weighted by molar-refractivity contribution is 5.81. The molecule has 0 aromatic carbocycles. The molecule has 0 amide bonds. The topological polar surface area (TPSA) is 26.3 Å². The summed E-state index contributed by atoms with van der Waals surface area (Å²) < 4.78 is 5.12. The van der Waals surface area contributed by atoms with Gasteiger partial charge >= 0.3 is 5.97 Å². The summed E-state index contributed by atoms with van der Waals surface area (Å²) in [5.41, 5.74) is 0. The molecule has 2 heteroatoms. The zero-order valence-electron chi connectivity index (χ0n) is 6.88. The maximum Gasteiger partial charge on any atom is 0.330 e. The molecule has 0 spiro atoms. The van der Waals surface area contributed by atoms with Gasteiger partial charge in [-0.05, 0) is 25.2 Å². The fourth-order valence-corrected chi connectivity index (χ4v) is 1.48. The molecule has 2 nitrogen and oxygen atoms in total. The van der Waals surface area contributed by atoms with Gasteiger partial charge in [-0.1, -0.05) is 13.5 Å². The van der Waals surface area contributed by atoms with Gasteiger partial charge in [0.2, 0.25) is 0 Å². The average molecular weight is 154 g/mol. The number of carbonyl (C=O) groups is 1. The Morgan fingerprint density at radius 3 is 2.82 bits per heavy atom. The minimum atomic E-state index is -0.288. The van der Waals surface area contributed by atoms with Gasteiger partial charge in [-0.3, -0.25) is 0 Å². The lowest BCUT2D eigenvalue weighted by molar-refractivity contribution is -0.144. The van der Waals surface area contributed by atoms with E-state index in [-0.39, 0.29) is 12.1 Å². The summed E-state index contributed by atoms with van der Waals surface area (Å²) in [5, 5.41) is 0. The zero-order chi connectivity index (χ0) is 8.27. The summed E-state index contributed by atoms with van der Waals surface area (Å²) in [4.78, 5) is 10.8. The Bertz CT molecular complexity index is 163.